The van der Waals surface area contributed by atoms with E-state index in [1.54, 1.807) is 12.1 Å². The molecule has 0 unspecified atom stereocenters. The van der Waals surface area contributed by atoms with Crippen molar-refractivity contribution >= 4 is 15.9 Å². The first kappa shape index (κ1) is 16.9. The Hall–Kier alpha value is -1.44. The third kappa shape index (κ3) is 3.31. The summed E-state index contributed by atoms with van der Waals surface area (Å²) in [7, 11) is -3.75. The molecule has 1 aliphatic rings. The quantitative estimate of drug-likeness (QED) is 0.876. The van der Waals surface area contributed by atoms with Crippen LogP contribution in [0.5, 0.6) is 0 Å². The smallest absolute Gasteiger partial charge is 0.243 e. The third-order valence-corrected chi connectivity index (χ3v) is 6.00. The van der Waals surface area contributed by atoms with Crippen LogP contribution in [0.4, 0.5) is 0 Å². The Morgan fingerprint density at radius 3 is 2.59 bits per heavy atom. The van der Waals surface area contributed by atoms with Gasteiger partial charge in [-0.1, -0.05) is 26.0 Å². The van der Waals surface area contributed by atoms with Crippen molar-refractivity contribution in [2.24, 2.45) is 5.73 Å². The summed E-state index contributed by atoms with van der Waals surface area (Å²) < 4.78 is 31.7. The van der Waals surface area contributed by atoms with Gasteiger partial charge in [0.2, 0.25) is 15.9 Å². The van der Waals surface area contributed by atoms with E-state index in [4.69, 9.17) is 10.5 Å². The molecular formula is C15H22N2O4S. The number of benzene rings is 1. The van der Waals surface area contributed by atoms with Crippen molar-refractivity contribution < 1.29 is 17.9 Å². The monoisotopic (exact) mass is 326 g/mol. The molecule has 122 valence electrons. The van der Waals surface area contributed by atoms with Gasteiger partial charge < -0.3 is 10.5 Å². The lowest BCUT2D eigenvalue weighted by Gasteiger charge is -2.32. The van der Waals surface area contributed by atoms with E-state index in [1.165, 1.54) is 0 Å². The van der Waals surface area contributed by atoms with Crippen molar-refractivity contribution in [3.63, 3.8) is 0 Å². The van der Waals surface area contributed by atoms with E-state index < -0.39 is 22.0 Å². The normalized spacial score (nSPS) is 21.5. The molecule has 0 aliphatic carbocycles. The Bertz CT molecular complexity index is 627. The van der Waals surface area contributed by atoms with Gasteiger partial charge >= 0.3 is 0 Å². The van der Waals surface area contributed by atoms with E-state index in [2.05, 4.69) is 13.8 Å². The molecule has 0 radical (unpaired) electrons. The number of amides is 1. The van der Waals surface area contributed by atoms with E-state index in [0.29, 0.717) is 5.92 Å². The average molecular weight is 326 g/mol. The Kier molecular flexibility index (Phi) is 5.20. The molecule has 6 nitrogen and oxygen atoms in total. The fraction of sp³-hybridized carbons (Fsp3) is 0.533. The molecule has 0 bridgehead atoms. The lowest BCUT2D eigenvalue weighted by Crippen LogP contribution is -2.54. The summed E-state index contributed by atoms with van der Waals surface area (Å²) in [4.78, 5) is 11.6. The highest BCUT2D eigenvalue weighted by atomic mass is 32.2. The predicted molar refractivity (Wildman–Crippen MR) is 82.8 cm³/mol. The van der Waals surface area contributed by atoms with Crippen LogP contribution < -0.4 is 5.73 Å². The number of hydrogen-bond donors (Lipinski definition) is 1. The van der Waals surface area contributed by atoms with Gasteiger partial charge in [0.1, 0.15) is 6.04 Å². The van der Waals surface area contributed by atoms with Crippen LogP contribution >= 0.6 is 0 Å². The summed E-state index contributed by atoms with van der Waals surface area (Å²) in [5, 5.41) is 0. The van der Waals surface area contributed by atoms with Crippen molar-refractivity contribution in [3.8, 4) is 0 Å². The lowest BCUT2D eigenvalue weighted by atomic mass is 9.99. The number of sulfonamides is 1. The summed E-state index contributed by atoms with van der Waals surface area (Å²) in [5.41, 5.74) is 6.38. The fourth-order valence-corrected chi connectivity index (χ4v) is 4.01. The van der Waals surface area contributed by atoms with Crippen molar-refractivity contribution in [1.82, 2.24) is 4.31 Å². The zero-order valence-corrected chi connectivity index (χ0v) is 13.7. The second-order valence-electron chi connectivity index (χ2n) is 5.49. The van der Waals surface area contributed by atoms with E-state index >= 15 is 0 Å². The van der Waals surface area contributed by atoms with Gasteiger partial charge in [-0.25, -0.2) is 8.42 Å². The number of primary amides is 1. The minimum absolute atomic E-state index is 0.000480. The Morgan fingerprint density at radius 1 is 1.41 bits per heavy atom. The molecule has 1 aromatic carbocycles. The van der Waals surface area contributed by atoms with Crippen LogP contribution in [0.2, 0.25) is 0 Å². The number of carbonyl (C=O) groups is 1. The first-order valence-electron chi connectivity index (χ1n) is 7.36. The molecule has 1 heterocycles. The van der Waals surface area contributed by atoms with Gasteiger partial charge in [0.25, 0.3) is 0 Å². The molecule has 1 amide bonds. The Morgan fingerprint density at radius 2 is 2.05 bits per heavy atom. The summed E-state index contributed by atoms with van der Waals surface area (Å²) >= 11 is 0. The predicted octanol–water partition coefficient (Wildman–Crippen LogP) is 1.07. The molecule has 2 atom stereocenters. The maximum Gasteiger partial charge on any atom is 0.243 e. The van der Waals surface area contributed by atoms with Crippen LogP contribution in [0.3, 0.4) is 0 Å². The van der Waals surface area contributed by atoms with Gasteiger partial charge in [0, 0.05) is 6.54 Å². The molecule has 7 heteroatoms. The third-order valence-electron chi connectivity index (χ3n) is 4.08. The van der Waals surface area contributed by atoms with Crippen LogP contribution in [0.1, 0.15) is 31.7 Å². The van der Waals surface area contributed by atoms with Crippen LogP contribution in [0, 0.1) is 0 Å². The molecule has 0 aromatic heterocycles. The lowest BCUT2D eigenvalue weighted by molar-refractivity contribution is -0.125. The number of hydrogen-bond acceptors (Lipinski definition) is 4. The molecule has 1 aromatic rings. The second-order valence-corrected chi connectivity index (χ2v) is 7.38. The van der Waals surface area contributed by atoms with Crippen LogP contribution in [0.15, 0.2) is 29.2 Å². The van der Waals surface area contributed by atoms with Gasteiger partial charge in [-0.05, 0) is 30.0 Å². The average Bonchev–Trinajstić information content (AvgIpc) is 2.54. The van der Waals surface area contributed by atoms with Gasteiger partial charge in [-0.3, -0.25) is 4.79 Å². The first-order valence-corrected chi connectivity index (χ1v) is 8.80. The van der Waals surface area contributed by atoms with Crippen molar-refractivity contribution in [2.75, 3.05) is 19.8 Å². The van der Waals surface area contributed by atoms with Crippen molar-refractivity contribution in [1.29, 1.82) is 0 Å². The number of nitrogens with two attached hydrogens (primary N) is 1. The van der Waals surface area contributed by atoms with E-state index in [1.807, 2.05) is 12.1 Å². The van der Waals surface area contributed by atoms with Crippen LogP contribution in [-0.4, -0.2) is 44.4 Å². The molecule has 2 rings (SSSR count). The molecule has 22 heavy (non-hydrogen) atoms. The minimum atomic E-state index is -3.75. The Labute approximate surface area is 131 Å². The van der Waals surface area contributed by atoms with E-state index in [9.17, 15) is 13.2 Å². The summed E-state index contributed by atoms with van der Waals surface area (Å²) in [6.07, 6.45) is 0.985. The highest BCUT2D eigenvalue weighted by molar-refractivity contribution is 7.89. The molecule has 1 fully saturated rings. The number of nitrogens with zero attached hydrogens (tertiary/aromatic N) is 1. The second kappa shape index (κ2) is 6.76. The fourth-order valence-electron chi connectivity index (χ4n) is 2.44. The zero-order chi connectivity index (χ0) is 16.3. The van der Waals surface area contributed by atoms with Crippen LogP contribution in [-0.2, 0) is 19.6 Å². The maximum atomic E-state index is 12.7. The van der Waals surface area contributed by atoms with Gasteiger partial charge in [-0.15, -0.1) is 0 Å². The minimum Gasteiger partial charge on any atom is -0.378 e. The molecule has 0 spiro atoms. The molecule has 0 saturated carbocycles. The van der Waals surface area contributed by atoms with Crippen LogP contribution in [0.25, 0.3) is 0 Å². The number of rotatable bonds is 5. The summed E-state index contributed by atoms with van der Waals surface area (Å²) in [6, 6.07) is 5.86. The van der Waals surface area contributed by atoms with E-state index in [0.717, 1.165) is 16.3 Å². The number of ether oxygens (including phenoxy) is 1. The van der Waals surface area contributed by atoms with E-state index in [-0.39, 0.29) is 24.7 Å². The summed E-state index contributed by atoms with van der Waals surface area (Å²) in [6.45, 7) is 4.56. The molecular weight excluding hydrogens is 304 g/mol. The molecule has 1 saturated heterocycles. The van der Waals surface area contributed by atoms with Crippen molar-refractivity contribution in [3.05, 3.63) is 29.8 Å². The standard InChI is InChI=1S/C15H22N2O4S/c1-3-11(2)12-4-6-13(7-5-12)22(19,20)17-8-9-21-10-14(17)15(16)18/h4-7,11,14H,3,8-10H2,1-2H3,(H2,16,18)/t11-,14-/m0/s1. The van der Waals surface area contributed by atoms with Gasteiger partial charge in [0.05, 0.1) is 18.1 Å². The van der Waals surface area contributed by atoms with Crippen molar-refractivity contribution in [2.45, 2.75) is 37.1 Å². The number of morpholine rings is 1. The maximum absolute atomic E-state index is 12.7. The SMILES string of the molecule is CC[C@H](C)c1ccc(S(=O)(=O)N2CCOC[C@H]2C(N)=O)cc1. The number of carbonyl (C=O) groups excluding carboxylic acids is 1. The topological polar surface area (TPSA) is 89.7 Å². The molecule has 1 aliphatic heterocycles. The largest absolute Gasteiger partial charge is 0.378 e. The Balaban J connectivity index is 2.30. The zero-order valence-electron chi connectivity index (χ0n) is 12.9. The first-order chi connectivity index (χ1) is 10.4. The highest BCUT2D eigenvalue weighted by Crippen LogP contribution is 2.24. The molecule has 2 N–H and O–H groups in total. The highest BCUT2D eigenvalue weighted by Gasteiger charge is 2.37. The van der Waals surface area contributed by atoms with Gasteiger partial charge in [0.15, 0.2) is 0 Å². The summed E-state index contributed by atoms with van der Waals surface area (Å²) in [5.74, 6) is -0.321. The van der Waals surface area contributed by atoms with Gasteiger partial charge in [-0.2, -0.15) is 4.31 Å².